The van der Waals surface area contributed by atoms with Gasteiger partial charge in [-0.3, -0.25) is 0 Å². The number of carboxylic acid groups (broad SMARTS) is 1. The highest BCUT2D eigenvalue weighted by Crippen LogP contribution is 2.18. The zero-order chi connectivity index (χ0) is 16.5. The average molecular weight is 294 g/mol. The molecule has 0 amide bonds. The van der Waals surface area contributed by atoms with Crippen LogP contribution in [0.5, 0.6) is 0 Å². The van der Waals surface area contributed by atoms with Gasteiger partial charge in [-0.05, 0) is 36.1 Å². The maximum absolute atomic E-state index is 11.6. The van der Waals surface area contributed by atoms with E-state index in [9.17, 15) is 9.59 Å². The van der Waals surface area contributed by atoms with Gasteiger partial charge in [-0.2, -0.15) is 0 Å². The van der Waals surface area contributed by atoms with E-state index in [1.54, 1.807) is 0 Å². The molecule has 118 valence electrons. The normalized spacial score (nSPS) is 10.3. The zero-order valence-corrected chi connectivity index (χ0v) is 13.6. The molecule has 4 heteroatoms. The molecule has 1 N–H and O–H groups in total. The van der Waals surface area contributed by atoms with Crippen molar-refractivity contribution in [1.82, 2.24) is 0 Å². The lowest BCUT2D eigenvalue weighted by molar-refractivity contribution is 0.0464. The van der Waals surface area contributed by atoms with Gasteiger partial charge in [0.05, 0.1) is 17.7 Å². The molecule has 1 aromatic carbocycles. The minimum absolute atomic E-state index is 0.118. The number of aromatic carboxylic acids is 1. The third kappa shape index (κ3) is 8.84. The van der Waals surface area contributed by atoms with Crippen molar-refractivity contribution in [1.29, 1.82) is 0 Å². The van der Waals surface area contributed by atoms with Crippen LogP contribution in [-0.2, 0) is 4.74 Å². The summed E-state index contributed by atoms with van der Waals surface area (Å²) in [5.41, 5.74) is 0.642. The molecule has 0 fully saturated rings. The summed E-state index contributed by atoms with van der Waals surface area (Å²) < 4.78 is 5.12. The molecule has 0 aliphatic rings. The van der Waals surface area contributed by atoms with E-state index in [1.807, 2.05) is 0 Å². The highest BCUT2D eigenvalue weighted by atomic mass is 16.5. The lowest BCUT2D eigenvalue weighted by atomic mass is 9.93. The Labute approximate surface area is 127 Å². The molecule has 0 spiro atoms. The summed E-state index contributed by atoms with van der Waals surface area (Å²) >= 11 is 0. The molecule has 0 saturated heterocycles. The van der Waals surface area contributed by atoms with Gasteiger partial charge < -0.3 is 9.84 Å². The minimum atomic E-state index is -1.01. The number of carbonyl (C=O) groups is 2. The molecule has 0 unspecified atom stereocenters. The molecule has 0 aromatic heterocycles. The fourth-order valence-corrected chi connectivity index (χ4v) is 1.28. The summed E-state index contributed by atoms with van der Waals surface area (Å²) in [7, 11) is 0. The van der Waals surface area contributed by atoms with E-state index in [-0.39, 0.29) is 11.0 Å². The van der Waals surface area contributed by atoms with E-state index < -0.39 is 11.9 Å². The predicted octanol–water partition coefficient (Wildman–Crippen LogP) is 4.39. The van der Waals surface area contributed by atoms with Crippen LogP contribution in [0.1, 0.15) is 68.2 Å². The zero-order valence-electron chi connectivity index (χ0n) is 13.6. The fraction of sp³-hybridized carbons (Fsp3) is 0.529. The van der Waals surface area contributed by atoms with Crippen LogP contribution >= 0.6 is 0 Å². The lowest BCUT2D eigenvalue weighted by Gasteiger charge is -2.17. The molecule has 0 aliphatic carbocycles. The molecular weight excluding hydrogens is 268 g/mol. The fourth-order valence-electron chi connectivity index (χ4n) is 1.28. The van der Waals surface area contributed by atoms with Crippen LogP contribution in [0.25, 0.3) is 0 Å². The predicted molar refractivity (Wildman–Crippen MR) is 83.7 cm³/mol. The van der Waals surface area contributed by atoms with Gasteiger partial charge >= 0.3 is 11.9 Å². The molecule has 1 aromatic rings. The van der Waals surface area contributed by atoms with E-state index >= 15 is 0 Å². The molecule has 4 nitrogen and oxygen atoms in total. The molecule has 0 bridgehead atoms. The number of rotatable bonds is 4. The first-order valence-electron chi connectivity index (χ1n) is 7.21. The Kier molecular flexibility index (Phi) is 8.36. The summed E-state index contributed by atoms with van der Waals surface area (Å²) in [6, 6.07) is 5.71. The molecule has 0 saturated carbocycles. The van der Waals surface area contributed by atoms with E-state index in [2.05, 4.69) is 34.6 Å². The van der Waals surface area contributed by atoms with Crippen molar-refractivity contribution >= 4 is 11.9 Å². The van der Waals surface area contributed by atoms with Crippen molar-refractivity contribution in [3.05, 3.63) is 35.4 Å². The SMILES string of the molecule is CC(C)(C)CCOC(=O)c1ccc(C(=O)O)cc1.CCC. The van der Waals surface area contributed by atoms with Crippen molar-refractivity contribution in [2.75, 3.05) is 6.61 Å². The molecule has 0 radical (unpaired) electrons. The lowest BCUT2D eigenvalue weighted by Crippen LogP contribution is -2.13. The van der Waals surface area contributed by atoms with E-state index in [0.717, 1.165) is 6.42 Å². The number of hydrogen-bond acceptors (Lipinski definition) is 3. The Balaban J connectivity index is 0.00000122. The van der Waals surface area contributed by atoms with Crippen LogP contribution in [-0.4, -0.2) is 23.7 Å². The maximum Gasteiger partial charge on any atom is 0.338 e. The van der Waals surface area contributed by atoms with E-state index in [1.165, 1.54) is 30.7 Å². The van der Waals surface area contributed by atoms with E-state index in [4.69, 9.17) is 9.84 Å². The monoisotopic (exact) mass is 294 g/mol. The van der Waals surface area contributed by atoms with Crippen LogP contribution < -0.4 is 0 Å². The number of hydrogen-bond donors (Lipinski definition) is 1. The van der Waals surface area contributed by atoms with Gasteiger partial charge in [0.1, 0.15) is 0 Å². The Morgan fingerprint density at radius 3 is 1.86 bits per heavy atom. The first-order chi connectivity index (χ1) is 9.71. The third-order valence-electron chi connectivity index (χ3n) is 2.45. The number of carboxylic acids is 1. The second-order valence-electron chi connectivity index (χ2n) is 6.04. The first kappa shape index (κ1) is 19.2. The Morgan fingerprint density at radius 1 is 1.05 bits per heavy atom. The molecule has 0 heterocycles. The highest BCUT2D eigenvalue weighted by molar-refractivity contribution is 5.92. The Hall–Kier alpha value is -1.84. The number of esters is 1. The molecular formula is C17H26O4. The average Bonchev–Trinajstić information content (AvgIpc) is 2.38. The maximum atomic E-state index is 11.6. The van der Waals surface area contributed by atoms with Gasteiger partial charge in [0.2, 0.25) is 0 Å². The Bertz CT molecular complexity index is 441. The molecule has 21 heavy (non-hydrogen) atoms. The summed E-state index contributed by atoms with van der Waals surface area (Å²) in [5.74, 6) is -1.43. The van der Waals surface area contributed by atoms with Crippen molar-refractivity contribution in [2.45, 2.75) is 47.5 Å². The second kappa shape index (κ2) is 9.16. The van der Waals surface area contributed by atoms with Crippen LogP contribution in [0.15, 0.2) is 24.3 Å². The number of ether oxygens (including phenoxy) is 1. The Morgan fingerprint density at radius 2 is 1.48 bits per heavy atom. The van der Waals surface area contributed by atoms with Crippen LogP contribution in [0.2, 0.25) is 0 Å². The van der Waals surface area contributed by atoms with Crippen molar-refractivity contribution in [2.24, 2.45) is 5.41 Å². The van der Waals surface area contributed by atoms with Gasteiger partial charge in [0.15, 0.2) is 0 Å². The number of benzene rings is 1. The van der Waals surface area contributed by atoms with E-state index in [0.29, 0.717) is 12.2 Å². The summed E-state index contributed by atoms with van der Waals surface area (Å²) in [6.07, 6.45) is 2.03. The van der Waals surface area contributed by atoms with Crippen molar-refractivity contribution in [3.8, 4) is 0 Å². The van der Waals surface area contributed by atoms with Crippen LogP contribution in [0, 0.1) is 5.41 Å². The standard InChI is InChI=1S/C14H18O4.C3H8/c1-14(2,3)8-9-18-13(17)11-6-4-10(5-7-11)12(15)16;1-3-2/h4-7H,8-9H2,1-3H3,(H,15,16);3H2,1-2H3. The smallest absolute Gasteiger partial charge is 0.338 e. The second-order valence-corrected chi connectivity index (χ2v) is 6.04. The number of carbonyl (C=O) groups excluding carboxylic acids is 1. The third-order valence-corrected chi connectivity index (χ3v) is 2.45. The first-order valence-corrected chi connectivity index (χ1v) is 7.21. The van der Waals surface area contributed by atoms with Crippen molar-refractivity contribution < 1.29 is 19.4 Å². The highest BCUT2D eigenvalue weighted by Gasteiger charge is 2.13. The van der Waals surface area contributed by atoms with Gasteiger partial charge in [0.25, 0.3) is 0 Å². The quantitative estimate of drug-likeness (QED) is 0.836. The van der Waals surface area contributed by atoms with Crippen molar-refractivity contribution in [3.63, 3.8) is 0 Å². The molecule has 1 rings (SSSR count). The van der Waals surface area contributed by atoms with Crippen LogP contribution in [0.3, 0.4) is 0 Å². The van der Waals surface area contributed by atoms with Gasteiger partial charge in [-0.1, -0.05) is 41.0 Å². The van der Waals surface area contributed by atoms with Gasteiger partial charge in [0, 0.05) is 0 Å². The van der Waals surface area contributed by atoms with Gasteiger partial charge in [-0.15, -0.1) is 0 Å². The summed E-state index contributed by atoms with van der Waals surface area (Å²) in [4.78, 5) is 22.3. The topological polar surface area (TPSA) is 63.6 Å². The minimum Gasteiger partial charge on any atom is -0.478 e. The summed E-state index contributed by atoms with van der Waals surface area (Å²) in [6.45, 7) is 10.8. The van der Waals surface area contributed by atoms with Gasteiger partial charge in [-0.25, -0.2) is 9.59 Å². The largest absolute Gasteiger partial charge is 0.478 e. The molecule has 0 aliphatic heterocycles. The molecule has 0 atom stereocenters. The summed E-state index contributed by atoms with van der Waals surface area (Å²) in [5, 5.41) is 8.73. The van der Waals surface area contributed by atoms with Crippen LogP contribution in [0.4, 0.5) is 0 Å².